The normalized spacial score (nSPS) is 16.1. The number of hydrogen-bond donors (Lipinski definition) is 2. The maximum absolute atomic E-state index is 12.1. The Balaban J connectivity index is 2.19. The summed E-state index contributed by atoms with van der Waals surface area (Å²) in [6.07, 6.45) is -1.40. The van der Waals surface area contributed by atoms with Crippen LogP contribution in [0.2, 0.25) is 0 Å². The number of benzene rings is 3. The lowest BCUT2D eigenvalue weighted by Crippen LogP contribution is -2.18. The first-order chi connectivity index (χ1) is 11.6. The van der Waals surface area contributed by atoms with Crippen LogP contribution in [-0.4, -0.2) is 23.3 Å². The second-order valence-corrected chi connectivity index (χ2v) is 5.55. The number of aliphatic hydroxyl groups is 1. The van der Waals surface area contributed by atoms with Gasteiger partial charge < -0.3 is 19.7 Å². The number of carbonyl (C=O) groups is 1. The first-order valence-corrected chi connectivity index (χ1v) is 7.43. The molecule has 1 aliphatic rings. The minimum Gasteiger partial charge on any atom is -0.504 e. The fourth-order valence-electron chi connectivity index (χ4n) is 3.16. The Bertz CT molecular complexity index is 963. The molecule has 0 fully saturated rings. The number of cyclic esters (lactones) is 1. The molecule has 1 atom stereocenters. The Hall–Kier alpha value is -3.05. The third kappa shape index (κ3) is 1.95. The predicted molar refractivity (Wildman–Crippen MR) is 88.0 cm³/mol. The molecule has 24 heavy (non-hydrogen) atoms. The largest absolute Gasteiger partial charge is 0.504 e. The Labute approximate surface area is 137 Å². The number of methoxy groups -OCH3 is 1. The smallest absolute Gasteiger partial charge is 0.341 e. The second kappa shape index (κ2) is 5.25. The van der Waals surface area contributed by atoms with Crippen LogP contribution in [-0.2, 0) is 4.74 Å². The third-order valence-corrected chi connectivity index (χ3v) is 4.26. The molecule has 0 bridgehead atoms. The van der Waals surface area contributed by atoms with Crippen molar-refractivity contribution < 1.29 is 24.5 Å². The molecule has 0 amide bonds. The molecule has 5 heteroatoms. The summed E-state index contributed by atoms with van der Waals surface area (Å²) in [6.45, 7) is 0. The first-order valence-electron chi connectivity index (χ1n) is 7.43. The van der Waals surface area contributed by atoms with Gasteiger partial charge in [0.05, 0.1) is 12.7 Å². The fraction of sp³-hybridized carbons (Fsp3) is 0.105. The van der Waals surface area contributed by atoms with Crippen molar-refractivity contribution in [1.82, 2.24) is 0 Å². The minimum atomic E-state index is -1.40. The third-order valence-electron chi connectivity index (χ3n) is 4.26. The van der Waals surface area contributed by atoms with Crippen molar-refractivity contribution in [3.63, 3.8) is 0 Å². The van der Waals surface area contributed by atoms with Crippen LogP contribution in [0.4, 0.5) is 0 Å². The van der Waals surface area contributed by atoms with E-state index in [-0.39, 0.29) is 11.5 Å². The fourth-order valence-corrected chi connectivity index (χ4v) is 3.16. The summed E-state index contributed by atoms with van der Waals surface area (Å²) in [4.78, 5) is 12.1. The summed E-state index contributed by atoms with van der Waals surface area (Å²) in [5.74, 6) is -0.480. The Morgan fingerprint density at radius 1 is 1.04 bits per heavy atom. The lowest BCUT2D eigenvalue weighted by Gasteiger charge is -2.24. The number of rotatable bonds is 2. The van der Waals surface area contributed by atoms with E-state index in [0.29, 0.717) is 21.9 Å². The number of aliphatic hydroxyl groups excluding tert-OH is 1. The zero-order chi connectivity index (χ0) is 16.8. The summed E-state index contributed by atoms with van der Waals surface area (Å²) >= 11 is 0. The topological polar surface area (TPSA) is 76.0 Å². The van der Waals surface area contributed by atoms with E-state index in [9.17, 15) is 15.0 Å². The molecular weight excluding hydrogens is 308 g/mol. The van der Waals surface area contributed by atoms with Gasteiger partial charge in [-0.25, -0.2) is 4.79 Å². The van der Waals surface area contributed by atoms with E-state index < -0.39 is 12.3 Å². The molecule has 5 nitrogen and oxygen atoms in total. The van der Waals surface area contributed by atoms with Crippen LogP contribution in [0.3, 0.4) is 0 Å². The van der Waals surface area contributed by atoms with Crippen LogP contribution >= 0.6 is 0 Å². The van der Waals surface area contributed by atoms with E-state index in [2.05, 4.69) is 0 Å². The molecule has 4 rings (SSSR count). The number of hydrogen-bond acceptors (Lipinski definition) is 5. The van der Waals surface area contributed by atoms with Gasteiger partial charge in [-0.2, -0.15) is 0 Å². The van der Waals surface area contributed by atoms with E-state index in [0.717, 1.165) is 11.1 Å². The van der Waals surface area contributed by atoms with Gasteiger partial charge in [-0.1, -0.05) is 36.4 Å². The monoisotopic (exact) mass is 322 g/mol. The van der Waals surface area contributed by atoms with Crippen molar-refractivity contribution >= 4 is 16.7 Å². The van der Waals surface area contributed by atoms with Gasteiger partial charge in [0, 0.05) is 16.3 Å². The van der Waals surface area contributed by atoms with E-state index >= 15 is 0 Å². The van der Waals surface area contributed by atoms with Gasteiger partial charge in [-0.3, -0.25) is 0 Å². The standard InChI is InChI=1S/C19H14O5/c1-23-14-9-13-15-12(18(21)24-19(13)22)8-7-11(16(15)17(14)20)10-5-3-2-4-6-10/h2-9,19-20,22H,1H3. The molecule has 0 aromatic heterocycles. The number of ether oxygens (including phenoxy) is 2. The van der Waals surface area contributed by atoms with Crippen LogP contribution in [0, 0.1) is 0 Å². The van der Waals surface area contributed by atoms with Gasteiger partial charge in [0.2, 0.25) is 6.29 Å². The van der Waals surface area contributed by atoms with Crippen molar-refractivity contribution in [2.24, 2.45) is 0 Å². The van der Waals surface area contributed by atoms with Crippen molar-refractivity contribution in [3.05, 3.63) is 59.7 Å². The van der Waals surface area contributed by atoms with Gasteiger partial charge in [0.25, 0.3) is 0 Å². The molecule has 0 saturated heterocycles. The highest BCUT2D eigenvalue weighted by atomic mass is 16.6. The van der Waals surface area contributed by atoms with Crippen LogP contribution in [0.25, 0.3) is 21.9 Å². The summed E-state index contributed by atoms with van der Waals surface area (Å²) in [7, 11) is 1.43. The second-order valence-electron chi connectivity index (χ2n) is 5.55. The average molecular weight is 322 g/mol. The van der Waals surface area contributed by atoms with Crippen LogP contribution < -0.4 is 4.74 Å². The quantitative estimate of drug-likeness (QED) is 0.707. The van der Waals surface area contributed by atoms with E-state index in [1.54, 1.807) is 12.1 Å². The van der Waals surface area contributed by atoms with Gasteiger partial charge in [-0.15, -0.1) is 0 Å². The molecule has 0 aliphatic carbocycles. The highest BCUT2D eigenvalue weighted by Gasteiger charge is 2.31. The maximum atomic E-state index is 12.1. The lowest BCUT2D eigenvalue weighted by molar-refractivity contribution is -0.0687. The predicted octanol–water partition coefficient (Wildman–Crippen LogP) is 3.38. The van der Waals surface area contributed by atoms with E-state index in [1.807, 2.05) is 30.3 Å². The average Bonchev–Trinajstić information content (AvgIpc) is 2.61. The Morgan fingerprint density at radius 3 is 2.46 bits per heavy atom. The molecule has 120 valence electrons. The minimum absolute atomic E-state index is 0.0705. The van der Waals surface area contributed by atoms with E-state index in [1.165, 1.54) is 13.2 Å². The van der Waals surface area contributed by atoms with Gasteiger partial charge >= 0.3 is 5.97 Å². The van der Waals surface area contributed by atoms with Crippen molar-refractivity contribution in [1.29, 1.82) is 0 Å². The zero-order valence-electron chi connectivity index (χ0n) is 12.8. The maximum Gasteiger partial charge on any atom is 0.341 e. The summed E-state index contributed by atoms with van der Waals surface area (Å²) in [5.41, 5.74) is 2.33. The highest BCUT2D eigenvalue weighted by Crippen LogP contribution is 2.47. The molecule has 3 aromatic carbocycles. The molecule has 1 heterocycles. The number of aromatic hydroxyl groups is 1. The number of phenols is 1. The van der Waals surface area contributed by atoms with Crippen LogP contribution in [0.15, 0.2) is 48.5 Å². The van der Waals surface area contributed by atoms with E-state index in [4.69, 9.17) is 9.47 Å². The SMILES string of the molecule is COc1cc2c3c(ccc(-c4ccccc4)c3c1O)C(=O)OC2O. The number of carbonyl (C=O) groups excluding carboxylic acids is 1. The first kappa shape index (κ1) is 14.5. The molecule has 1 aliphatic heterocycles. The van der Waals surface area contributed by atoms with Crippen molar-refractivity contribution in [2.45, 2.75) is 6.29 Å². The molecule has 2 N–H and O–H groups in total. The van der Waals surface area contributed by atoms with Crippen LogP contribution in [0.5, 0.6) is 11.5 Å². The molecule has 0 saturated carbocycles. The summed E-state index contributed by atoms with van der Waals surface area (Å²) in [6, 6.07) is 14.4. The summed E-state index contributed by atoms with van der Waals surface area (Å²) < 4.78 is 10.2. The van der Waals surface area contributed by atoms with Gasteiger partial charge in [0.1, 0.15) is 0 Å². The van der Waals surface area contributed by atoms with Crippen molar-refractivity contribution in [2.75, 3.05) is 7.11 Å². The van der Waals surface area contributed by atoms with Crippen molar-refractivity contribution in [3.8, 4) is 22.6 Å². The molecular formula is C19H14O5. The highest BCUT2D eigenvalue weighted by molar-refractivity contribution is 6.14. The number of esters is 1. The number of phenolic OH excluding ortho intramolecular Hbond substituents is 1. The molecule has 0 spiro atoms. The summed E-state index contributed by atoms with van der Waals surface area (Å²) in [5, 5.41) is 21.8. The van der Waals surface area contributed by atoms with Gasteiger partial charge in [-0.05, 0) is 23.3 Å². The van der Waals surface area contributed by atoms with Gasteiger partial charge in [0.15, 0.2) is 11.5 Å². The Morgan fingerprint density at radius 2 is 1.75 bits per heavy atom. The zero-order valence-corrected chi connectivity index (χ0v) is 12.8. The molecule has 1 unspecified atom stereocenters. The van der Waals surface area contributed by atoms with Crippen LogP contribution in [0.1, 0.15) is 22.2 Å². The lowest BCUT2D eigenvalue weighted by atomic mass is 9.90. The molecule has 3 aromatic rings. The molecule has 0 radical (unpaired) electrons. The Kier molecular flexibility index (Phi) is 3.18.